The summed E-state index contributed by atoms with van der Waals surface area (Å²) < 4.78 is 0. The van der Waals surface area contributed by atoms with E-state index in [0.717, 1.165) is 0 Å². The van der Waals surface area contributed by atoms with Crippen LogP contribution in [-0.2, 0) is 19.2 Å². The van der Waals surface area contributed by atoms with Crippen LogP contribution in [0, 0.1) is 5.92 Å². The lowest BCUT2D eigenvalue weighted by molar-refractivity contribution is -0.138. The molecule has 2 unspecified atom stereocenters. The lowest BCUT2D eigenvalue weighted by atomic mass is 10.0. The van der Waals surface area contributed by atoms with Crippen molar-refractivity contribution in [3.63, 3.8) is 0 Å². The summed E-state index contributed by atoms with van der Waals surface area (Å²) in [5.74, 6) is -2.56. The minimum absolute atomic E-state index is 0.257. The van der Waals surface area contributed by atoms with Gasteiger partial charge < -0.3 is 26.8 Å². The van der Waals surface area contributed by atoms with E-state index < -0.39 is 42.3 Å². The molecule has 0 spiro atoms. The Morgan fingerprint density at radius 1 is 1.00 bits per heavy atom. The number of carbonyl (C=O) groups is 4. The van der Waals surface area contributed by atoms with Crippen molar-refractivity contribution in [2.75, 3.05) is 13.1 Å². The smallest absolute Gasteiger partial charge is 0.322 e. The molecule has 0 saturated carbocycles. The Morgan fingerprint density at radius 2 is 1.55 bits per heavy atom. The first-order chi connectivity index (χ1) is 10.1. The third kappa shape index (κ3) is 8.90. The number of hydrogen-bond donors (Lipinski definition) is 5. The molecule has 0 saturated heterocycles. The Morgan fingerprint density at radius 3 is 2.05 bits per heavy atom. The molecule has 0 aliphatic carbocycles. The van der Waals surface area contributed by atoms with Crippen LogP contribution in [0.25, 0.3) is 0 Å². The number of carboxylic acid groups (broad SMARTS) is 1. The van der Waals surface area contributed by atoms with Crippen LogP contribution >= 0.6 is 0 Å². The van der Waals surface area contributed by atoms with Gasteiger partial charge in [-0.05, 0) is 19.3 Å². The van der Waals surface area contributed by atoms with E-state index in [9.17, 15) is 19.2 Å². The van der Waals surface area contributed by atoms with Crippen LogP contribution in [0.5, 0.6) is 0 Å². The highest BCUT2D eigenvalue weighted by atomic mass is 16.4. The minimum Gasteiger partial charge on any atom is -0.480 e. The molecule has 0 aromatic heterocycles. The normalized spacial score (nSPS) is 13.1. The monoisotopic (exact) mass is 316 g/mol. The molecule has 0 aromatic rings. The van der Waals surface area contributed by atoms with E-state index in [0.29, 0.717) is 6.42 Å². The van der Waals surface area contributed by atoms with Crippen molar-refractivity contribution in [1.82, 2.24) is 16.0 Å². The number of carbonyl (C=O) groups excluding carboxylic acids is 3. The average Bonchev–Trinajstić information content (AvgIpc) is 2.40. The zero-order valence-electron chi connectivity index (χ0n) is 13.0. The van der Waals surface area contributed by atoms with E-state index in [1.54, 1.807) is 0 Å². The van der Waals surface area contributed by atoms with Gasteiger partial charge in [0, 0.05) is 0 Å². The van der Waals surface area contributed by atoms with Gasteiger partial charge in [0.25, 0.3) is 0 Å². The zero-order chi connectivity index (χ0) is 17.3. The van der Waals surface area contributed by atoms with Gasteiger partial charge in [0.15, 0.2) is 0 Å². The number of carboxylic acids is 1. The van der Waals surface area contributed by atoms with Gasteiger partial charge in [-0.1, -0.05) is 13.8 Å². The van der Waals surface area contributed by atoms with E-state index in [1.807, 2.05) is 13.8 Å². The van der Waals surface area contributed by atoms with Crippen molar-refractivity contribution in [3.05, 3.63) is 0 Å². The van der Waals surface area contributed by atoms with Gasteiger partial charge >= 0.3 is 5.97 Å². The third-order valence-electron chi connectivity index (χ3n) is 2.67. The standard InChI is InChI=1S/C13H24N4O5/c1-7(2)4-9(14)13(22)15-5-10(18)17-8(3)12(21)16-6-11(19)20/h7-9H,4-6,14H2,1-3H3,(H,15,22)(H,16,21)(H,17,18)(H,19,20). The van der Waals surface area contributed by atoms with Crippen molar-refractivity contribution in [2.45, 2.75) is 39.3 Å². The average molecular weight is 316 g/mol. The maximum atomic E-state index is 11.6. The second-order valence-corrected chi connectivity index (χ2v) is 5.35. The molecule has 0 rings (SSSR count). The van der Waals surface area contributed by atoms with Gasteiger partial charge in [-0.2, -0.15) is 0 Å². The summed E-state index contributed by atoms with van der Waals surface area (Å²) in [4.78, 5) is 45.0. The van der Waals surface area contributed by atoms with Gasteiger partial charge in [-0.25, -0.2) is 0 Å². The Balaban J connectivity index is 4.10. The number of rotatable bonds is 9. The maximum Gasteiger partial charge on any atom is 0.322 e. The Kier molecular flexibility index (Phi) is 8.76. The fourth-order valence-electron chi connectivity index (χ4n) is 1.59. The van der Waals surface area contributed by atoms with Crippen LogP contribution in [0.1, 0.15) is 27.2 Å². The summed E-state index contributed by atoms with van der Waals surface area (Å²) in [6.07, 6.45) is 0.501. The molecule has 0 radical (unpaired) electrons. The molecule has 22 heavy (non-hydrogen) atoms. The lowest BCUT2D eigenvalue weighted by Gasteiger charge is -2.16. The van der Waals surface area contributed by atoms with Gasteiger partial charge in [0.2, 0.25) is 17.7 Å². The number of nitrogens with two attached hydrogens (primary N) is 1. The number of aliphatic carboxylic acids is 1. The fraction of sp³-hybridized carbons (Fsp3) is 0.692. The molecule has 0 heterocycles. The molecule has 0 aliphatic heterocycles. The summed E-state index contributed by atoms with van der Waals surface area (Å²) in [6.45, 7) is 4.43. The van der Waals surface area contributed by atoms with E-state index in [-0.39, 0.29) is 12.5 Å². The Bertz CT molecular complexity index is 425. The molecule has 0 bridgehead atoms. The second kappa shape index (κ2) is 9.72. The lowest BCUT2D eigenvalue weighted by Crippen LogP contribution is -2.50. The molecule has 0 fully saturated rings. The maximum absolute atomic E-state index is 11.6. The van der Waals surface area contributed by atoms with Gasteiger partial charge in [-0.3, -0.25) is 19.2 Å². The summed E-state index contributed by atoms with van der Waals surface area (Å²) >= 11 is 0. The van der Waals surface area contributed by atoms with Crippen molar-refractivity contribution in [2.24, 2.45) is 11.7 Å². The molecule has 2 atom stereocenters. The third-order valence-corrected chi connectivity index (χ3v) is 2.67. The molecule has 0 aromatic carbocycles. The first-order valence-electron chi connectivity index (χ1n) is 6.95. The molecular weight excluding hydrogens is 292 g/mol. The van der Waals surface area contributed by atoms with Crippen LogP contribution in [0.15, 0.2) is 0 Å². The van der Waals surface area contributed by atoms with Crippen LogP contribution in [0.4, 0.5) is 0 Å². The van der Waals surface area contributed by atoms with Crippen LogP contribution < -0.4 is 21.7 Å². The highest BCUT2D eigenvalue weighted by Crippen LogP contribution is 2.02. The predicted molar refractivity (Wildman–Crippen MR) is 78.7 cm³/mol. The van der Waals surface area contributed by atoms with Crippen molar-refractivity contribution in [1.29, 1.82) is 0 Å². The fourth-order valence-corrected chi connectivity index (χ4v) is 1.59. The SMILES string of the molecule is CC(C)CC(N)C(=O)NCC(=O)NC(C)C(=O)NCC(=O)O. The van der Waals surface area contributed by atoms with Gasteiger partial charge in [0.1, 0.15) is 12.6 Å². The summed E-state index contributed by atoms with van der Waals surface area (Å²) in [5, 5.41) is 15.3. The summed E-state index contributed by atoms with van der Waals surface area (Å²) in [5.41, 5.74) is 5.66. The number of amides is 3. The van der Waals surface area contributed by atoms with Gasteiger partial charge in [-0.15, -0.1) is 0 Å². The second-order valence-electron chi connectivity index (χ2n) is 5.35. The van der Waals surface area contributed by atoms with E-state index in [1.165, 1.54) is 6.92 Å². The van der Waals surface area contributed by atoms with Gasteiger partial charge in [0.05, 0.1) is 12.6 Å². The summed E-state index contributed by atoms with van der Waals surface area (Å²) in [6, 6.07) is -1.60. The first-order valence-corrected chi connectivity index (χ1v) is 6.95. The van der Waals surface area contributed by atoms with Crippen LogP contribution in [-0.4, -0.2) is 54.0 Å². The minimum atomic E-state index is -1.18. The number of nitrogens with one attached hydrogen (secondary N) is 3. The highest BCUT2D eigenvalue weighted by molar-refractivity contribution is 5.91. The van der Waals surface area contributed by atoms with Crippen molar-refractivity contribution < 1.29 is 24.3 Å². The van der Waals surface area contributed by atoms with E-state index in [2.05, 4.69) is 16.0 Å². The van der Waals surface area contributed by atoms with Crippen molar-refractivity contribution >= 4 is 23.7 Å². The van der Waals surface area contributed by atoms with E-state index in [4.69, 9.17) is 10.8 Å². The first kappa shape index (κ1) is 19.8. The Hall–Kier alpha value is -2.16. The predicted octanol–water partition coefficient (Wildman–Crippen LogP) is -1.82. The highest BCUT2D eigenvalue weighted by Gasteiger charge is 2.18. The zero-order valence-corrected chi connectivity index (χ0v) is 13.0. The molecule has 0 aliphatic rings. The Labute approximate surface area is 129 Å². The molecule has 6 N–H and O–H groups in total. The molecule has 9 heteroatoms. The molecular formula is C13H24N4O5. The van der Waals surface area contributed by atoms with Crippen molar-refractivity contribution in [3.8, 4) is 0 Å². The van der Waals surface area contributed by atoms with Crippen LogP contribution in [0.3, 0.4) is 0 Å². The number of hydrogen-bond acceptors (Lipinski definition) is 5. The van der Waals surface area contributed by atoms with Crippen LogP contribution in [0.2, 0.25) is 0 Å². The quantitative estimate of drug-likeness (QED) is 0.338. The molecule has 9 nitrogen and oxygen atoms in total. The molecule has 3 amide bonds. The summed E-state index contributed by atoms with van der Waals surface area (Å²) in [7, 11) is 0. The topological polar surface area (TPSA) is 151 Å². The van der Waals surface area contributed by atoms with E-state index >= 15 is 0 Å². The molecule has 126 valence electrons. The largest absolute Gasteiger partial charge is 0.480 e.